The summed E-state index contributed by atoms with van der Waals surface area (Å²) in [4.78, 5) is -0.563. The molecule has 7 heavy (non-hydrogen) atoms. The average molecular weight is 144 g/mol. The van der Waals surface area contributed by atoms with Gasteiger partial charge in [0.1, 0.15) is 0 Å². The molecule has 0 amide bonds. The first-order chi connectivity index (χ1) is 3.27. The Morgan fingerprint density at radius 3 is 2.29 bits per heavy atom. The standard InChI is InChI=1S/C3H7Cl2NO/c4-3(5)6-1-2-7/h3,6-7H,1-2H2. The molecule has 0 aromatic rings. The Morgan fingerprint density at radius 2 is 2.14 bits per heavy atom. The molecule has 0 aliphatic carbocycles. The number of halogens is 2. The first kappa shape index (κ1) is 7.50. The van der Waals surface area contributed by atoms with Crippen molar-refractivity contribution < 1.29 is 5.11 Å². The summed E-state index contributed by atoms with van der Waals surface area (Å²) in [6.45, 7) is 0.508. The smallest absolute Gasteiger partial charge is 0.158 e. The number of aliphatic hydroxyl groups is 1. The van der Waals surface area contributed by atoms with E-state index in [-0.39, 0.29) is 6.61 Å². The molecule has 0 aromatic carbocycles. The van der Waals surface area contributed by atoms with Gasteiger partial charge in [0.25, 0.3) is 0 Å². The summed E-state index contributed by atoms with van der Waals surface area (Å²) < 4.78 is 0. The summed E-state index contributed by atoms with van der Waals surface area (Å²) in [5, 5.41) is 10.7. The van der Waals surface area contributed by atoms with Crippen LogP contribution in [0.25, 0.3) is 0 Å². The molecule has 44 valence electrons. The number of nitrogens with one attached hydrogen (secondary N) is 1. The number of aliphatic hydroxyl groups excluding tert-OH is 1. The molecule has 0 aliphatic heterocycles. The van der Waals surface area contributed by atoms with Crippen LogP contribution in [0.5, 0.6) is 0 Å². The summed E-state index contributed by atoms with van der Waals surface area (Å²) in [7, 11) is 0. The third kappa shape index (κ3) is 6.50. The fourth-order valence-electron chi connectivity index (χ4n) is 0.174. The zero-order chi connectivity index (χ0) is 5.70. The van der Waals surface area contributed by atoms with E-state index in [2.05, 4.69) is 5.32 Å². The minimum atomic E-state index is -0.563. The average Bonchev–Trinajstić information content (AvgIpc) is 1.61. The Morgan fingerprint density at radius 1 is 1.57 bits per heavy atom. The van der Waals surface area contributed by atoms with Crippen molar-refractivity contribution in [3.05, 3.63) is 0 Å². The number of hydrogen-bond acceptors (Lipinski definition) is 2. The molecule has 0 bridgehead atoms. The van der Waals surface area contributed by atoms with Crippen LogP contribution in [0.2, 0.25) is 0 Å². The van der Waals surface area contributed by atoms with Crippen LogP contribution in [0.4, 0.5) is 0 Å². The molecule has 0 saturated heterocycles. The van der Waals surface area contributed by atoms with E-state index in [0.717, 1.165) is 0 Å². The molecule has 0 spiro atoms. The van der Waals surface area contributed by atoms with Crippen molar-refractivity contribution >= 4 is 23.2 Å². The molecule has 2 N–H and O–H groups in total. The molecular weight excluding hydrogens is 137 g/mol. The Balaban J connectivity index is 2.68. The predicted octanol–water partition coefficient (Wildman–Crippen LogP) is 0.330. The number of alkyl halides is 2. The minimum absolute atomic E-state index is 0.0654. The molecule has 2 nitrogen and oxygen atoms in total. The maximum absolute atomic E-state index is 8.14. The second-order valence-corrected chi connectivity index (χ2v) is 2.07. The largest absolute Gasteiger partial charge is 0.395 e. The molecule has 0 heterocycles. The molecule has 0 atom stereocenters. The summed E-state index contributed by atoms with van der Waals surface area (Å²) in [6.07, 6.45) is 0. The minimum Gasteiger partial charge on any atom is -0.395 e. The lowest BCUT2D eigenvalue weighted by Crippen LogP contribution is -2.21. The topological polar surface area (TPSA) is 32.3 Å². The van der Waals surface area contributed by atoms with Crippen LogP contribution in [-0.2, 0) is 0 Å². The highest BCUT2D eigenvalue weighted by Crippen LogP contribution is 1.92. The Bertz CT molecular complexity index is 41.9. The lowest BCUT2D eigenvalue weighted by molar-refractivity contribution is 0.294. The monoisotopic (exact) mass is 143 g/mol. The first-order valence-electron chi connectivity index (χ1n) is 1.89. The molecular formula is C3H7Cl2NO. The predicted molar refractivity (Wildman–Crippen MR) is 30.6 cm³/mol. The van der Waals surface area contributed by atoms with Crippen LogP contribution in [0.3, 0.4) is 0 Å². The third-order valence-corrected chi connectivity index (χ3v) is 0.719. The highest BCUT2D eigenvalue weighted by molar-refractivity contribution is 6.43. The van der Waals surface area contributed by atoms with Gasteiger partial charge in [-0.15, -0.1) is 0 Å². The molecule has 0 radical (unpaired) electrons. The van der Waals surface area contributed by atoms with Gasteiger partial charge in [-0.05, 0) is 0 Å². The van der Waals surface area contributed by atoms with Gasteiger partial charge in [0.2, 0.25) is 0 Å². The van der Waals surface area contributed by atoms with Crippen molar-refractivity contribution in [2.45, 2.75) is 4.96 Å². The first-order valence-corrected chi connectivity index (χ1v) is 2.77. The lowest BCUT2D eigenvalue weighted by Gasteiger charge is -1.98. The van der Waals surface area contributed by atoms with E-state index in [1.165, 1.54) is 0 Å². The van der Waals surface area contributed by atoms with Crippen LogP contribution in [0, 0.1) is 0 Å². The Hall–Kier alpha value is 0.500. The van der Waals surface area contributed by atoms with Crippen molar-refractivity contribution in [3.8, 4) is 0 Å². The van der Waals surface area contributed by atoms with Crippen molar-refractivity contribution in [3.63, 3.8) is 0 Å². The van der Waals surface area contributed by atoms with Crippen LogP contribution in [0.15, 0.2) is 0 Å². The van der Waals surface area contributed by atoms with Crippen LogP contribution < -0.4 is 5.32 Å². The van der Waals surface area contributed by atoms with E-state index in [9.17, 15) is 0 Å². The van der Waals surface area contributed by atoms with Gasteiger partial charge in [0, 0.05) is 6.54 Å². The molecule has 4 heteroatoms. The summed E-state index contributed by atoms with van der Waals surface area (Å²) >= 11 is 10.4. The van der Waals surface area contributed by atoms with Gasteiger partial charge in [-0.3, -0.25) is 5.32 Å². The van der Waals surface area contributed by atoms with Gasteiger partial charge < -0.3 is 5.11 Å². The van der Waals surface area contributed by atoms with Gasteiger partial charge >= 0.3 is 0 Å². The quantitative estimate of drug-likeness (QED) is 0.441. The van der Waals surface area contributed by atoms with Crippen molar-refractivity contribution in [2.75, 3.05) is 13.2 Å². The Kier molecular flexibility index (Phi) is 4.99. The number of hydrogen-bond donors (Lipinski definition) is 2. The van der Waals surface area contributed by atoms with E-state index in [1.807, 2.05) is 0 Å². The zero-order valence-electron chi connectivity index (χ0n) is 3.69. The van der Waals surface area contributed by atoms with E-state index in [1.54, 1.807) is 0 Å². The molecule has 0 rings (SSSR count). The molecule has 0 unspecified atom stereocenters. The van der Waals surface area contributed by atoms with Crippen LogP contribution in [0.1, 0.15) is 0 Å². The fourth-order valence-corrected chi connectivity index (χ4v) is 0.392. The highest BCUT2D eigenvalue weighted by Gasteiger charge is 1.91. The molecule has 0 saturated carbocycles. The van der Waals surface area contributed by atoms with E-state index >= 15 is 0 Å². The second kappa shape index (κ2) is 4.65. The molecule has 0 fully saturated rings. The normalized spacial score (nSPS) is 10.3. The van der Waals surface area contributed by atoms with Crippen molar-refractivity contribution in [1.29, 1.82) is 0 Å². The summed E-state index contributed by atoms with van der Waals surface area (Å²) in [6, 6.07) is 0. The molecule has 0 aromatic heterocycles. The lowest BCUT2D eigenvalue weighted by atomic mass is 10.7. The SMILES string of the molecule is OCCNC(Cl)Cl. The van der Waals surface area contributed by atoms with Crippen LogP contribution >= 0.6 is 23.2 Å². The number of rotatable bonds is 3. The van der Waals surface area contributed by atoms with Crippen molar-refractivity contribution in [1.82, 2.24) is 5.32 Å². The Labute approximate surface area is 52.4 Å². The van der Waals surface area contributed by atoms with Gasteiger partial charge in [0.05, 0.1) is 6.61 Å². The van der Waals surface area contributed by atoms with E-state index in [4.69, 9.17) is 28.3 Å². The van der Waals surface area contributed by atoms with E-state index in [0.29, 0.717) is 6.54 Å². The fraction of sp³-hybridized carbons (Fsp3) is 1.00. The van der Waals surface area contributed by atoms with Gasteiger partial charge in [-0.1, -0.05) is 23.2 Å². The summed E-state index contributed by atoms with van der Waals surface area (Å²) in [5.41, 5.74) is 0. The van der Waals surface area contributed by atoms with Gasteiger partial charge in [-0.2, -0.15) is 0 Å². The van der Waals surface area contributed by atoms with Gasteiger partial charge in [-0.25, -0.2) is 0 Å². The summed E-state index contributed by atoms with van der Waals surface area (Å²) in [5.74, 6) is 0. The molecule has 0 aliphatic rings. The zero-order valence-corrected chi connectivity index (χ0v) is 5.21. The highest BCUT2D eigenvalue weighted by atomic mass is 35.5. The third-order valence-electron chi connectivity index (χ3n) is 0.410. The van der Waals surface area contributed by atoms with Crippen molar-refractivity contribution in [2.24, 2.45) is 0 Å². The maximum Gasteiger partial charge on any atom is 0.158 e. The van der Waals surface area contributed by atoms with Gasteiger partial charge in [0.15, 0.2) is 4.96 Å². The second-order valence-electron chi connectivity index (χ2n) is 0.978. The van der Waals surface area contributed by atoms with Crippen LogP contribution in [-0.4, -0.2) is 23.2 Å². The van der Waals surface area contributed by atoms with E-state index < -0.39 is 4.96 Å². The maximum atomic E-state index is 8.14.